The third-order valence-corrected chi connectivity index (χ3v) is 10.9. The highest BCUT2D eigenvalue weighted by Gasteiger charge is 2.38. The zero-order valence-electron chi connectivity index (χ0n) is 29.7. The Morgan fingerprint density at radius 2 is 0.904 bits per heavy atom. The zero-order valence-corrected chi connectivity index (χ0v) is 29.7. The number of nitrogens with one attached hydrogen (secondary N) is 2. The maximum atomic E-state index is 13.4. The molecule has 4 atom stereocenters. The fourth-order valence-electron chi connectivity index (χ4n) is 8.06. The van der Waals surface area contributed by atoms with E-state index in [-0.39, 0.29) is 36.0 Å². The molecular formula is C44H44N6O2. The molecule has 0 spiro atoms. The lowest BCUT2D eigenvalue weighted by Gasteiger charge is -2.27. The first-order valence-electron chi connectivity index (χ1n) is 18.4. The highest BCUT2D eigenvalue weighted by molar-refractivity contribution is 5.80. The normalized spacial score (nSPS) is 20.0. The van der Waals surface area contributed by atoms with E-state index in [0.717, 1.165) is 82.1 Å². The molecule has 2 N–H and O–H groups in total. The first-order chi connectivity index (χ1) is 25.4. The second-order valence-electron chi connectivity index (χ2n) is 14.3. The third kappa shape index (κ3) is 6.81. The van der Waals surface area contributed by atoms with Crippen LogP contribution in [0.15, 0.2) is 122 Å². The summed E-state index contributed by atoms with van der Waals surface area (Å²) in [6.45, 7) is 4.26. The Hall–Kier alpha value is -5.76. The van der Waals surface area contributed by atoms with Crippen LogP contribution in [0.1, 0.15) is 74.4 Å². The van der Waals surface area contributed by atoms with Gasteiger partial charge >= 0.3 is 0 Å². The molecule has 2 fully saturated rings. The van der Waals surface area contributed by atoms with Crippen LogP contribution in [0.4, 0.5) is 0 Å². The molecule has 0 unspecified atom stereocenters. The molecule has 4 aromatic carbocycles. The van der Waals surface area contributed by atoms with Gasteiger partial charge in [0.1, 0.15) is 11.6 Å². The second kappa shape index (κ2) is 14.5. The summed E-state index contributed by atoms with van der Waals surface area (Å²) in [6, 6.07) is 37.2. The first-order valence-corrected chi connectivity index (χ1v) is 18.4. The molecule has 6 aromatic rings. The monoisotopic (exact) mass is 688 g/mol. The number of rotatable bonds is 9. The van der Waals surface area contributed by atoms with E-state index in [2.05, 4.69) is 72.3 Å². The Morgan fingerprint density at radius 3 is 1.29 bits per heavy atom. The fourth-order valence-corrected chi connectivity index (χ4v) is 8.06. The molecule has 8 rings (SSSR count). The van der Waals surface area contributed by atoms with E-state index in [1.54, 1.807) is 0 Å². The van der Waals surface area contributed by atoms with Crippen LogP contribution in [0.3, 0.4) is 0 Å². The van der Waals surface area contributed by atoms with E-state index in [1.165, 1.54) is 0 Å². The molecule has 8 heteroatoms. The molecule has 0 saturated carbocycles. The third-order valence-electron chi connectivity index (χ3n) is 10.9. The average Bonchev–Trinajstić information content (AvgIpc) is 3.99. The summed E-state index contributed by atoms with van der Waals surface area (Å²) in [6.07, 6.45) is 8.28. The van der Waals surface area contributed by atoms with E-state index < -0.39 is 0 Å². The number of nitrogens with zero attached hydrogens (tertiary/aromatic N) is 4. The predicted molar refractivity (Wildman–Crippen MR) is 204 cm³/mol. The number of aromatic nitrogens is 4. The Labute approximate surface area is 305 Å². The van der Waals surface area contributed by atoms with Crippen molar-refractivity contribution in [2.75, 3.05) is 0 Å². The SMILES string of the molecule is C[C@H]1CC[C@@H](c2ncc(-c3ccc(-c4ccc(-c5cnc([C@@H]6CC[C@H](C)N6C(=O)Cc6ccccc6)[nH]5)cc4)cc3)[nH]2)N1C(=O)Cc1ccccc1. The molecule has 262 valence electrons. The summed E-state index contributed by atoms with van der Waals surface area (Å²) in [5.41, 5.74) is 8.29. The van der Waals surface area contributed by atoms with E-state index in [9.17, 15) is 9.59 Å². The molecule has 0 bridgehead atoms. The zero-order chi connectivity index (χ0) is 35.6. The number of carbonyl (C=O) groups excluding carboxylic acids is 2. The molecule has 0 aliphatic carbocycles. The maximum absolute atomic E-state index is 13.4. The van der Waals surface area contributed by atoms with Gasteiger partial charge in [-0.2, -0.15) is 0 Å². The molecular weight excluding hydrogens is 645 g/mol. The van der Waals surface area contributed by atoms with Crippen molar-refractivity contribution in [3.8, 4) is 33.6 Å². The molecule has 2 aromatic heterocycles. The Bertz CT molecular complexity index is 1980. The van der Waals surface area contributed by atoms with Crippen LogP contribution in [-0.4, -0.2) is 53.6 Å². The van der Waals surface area contributed by atoms with Crippen molar-refractivity contribution < 1.29 is 9.59 Å². The number of imidazole rings is 2. The number of benzene rings is 4. The summed E-state index contributed by atoms with van der Waals surface area (Å²) in [7, 11) is 0. The average molecular weight is 689 g/mol. The quantitative estimate of drug-likeness (QED) is 0.159. The van der Waals surface area contributed by atoms with Gasteiger partial charge in [-0.25, -0.2) is 9.97 Å². The highest BCUT2D eigenvalue weighted by atomic mass is 16.2. The lowest BCUT2D eigenvalue weighted by molar-refractivity contribution is -0.134. The van der Waals surface area contributed by atoms with Gasteiger partial charge in [-0.1, -0.05) is 109 Å². The van der Waals surface area contributed by atoms with E-state index in [0.29, 0.717) is 12.8 Å². The molecule has 2 aliphatic rings. The van der Waals surface area contributed by atoms with E-state index >= 15 is 0 Å². The summed E-state index contributed by atoms with van der Waals surface area (Å²) < 4.78 is 0. The van der Waals surface area contributed by atoms with E-state index in [1.807, 2.05) is 82.9 Å². The lowest BCUT2D eigenvalue weighted by Crippen LogP contribution is -2.37. The maximum Gasteiger partial charge on any atom is 0.227 e. The lowest BCUT2D eigenvalue weighted by atomic mass is 10.0. The van der Waals surface area contributed by atoms with Crippen LogP contribution in [0.25, 0.3) is 33.6 Å². The standard InChI is InChI=1S/C44H44N6O2/c1-29-13-23-39(49(29)41(51)25-31-9-5-3-6-10-31)43-45-27-37(47-43)35-19-15-33(16-20-35)34-17-21-36(22-18-34)38-28-46-44(48-38)40-24-14-30(2)50(40)42(52)26-32-11-7-4-8-12-32/h3-12,15-22,27-30,39-40H,13-14,23-26H2,1-2H3,(H,45,47)(H,46,48)/t29-,30-,39-,40-/m0/s1. The smallest absolute Gasteiger partial charge is 0.227 e. The number of H-pyrrole nitrogens is 2. The van der Waals surface area contributed by atoms with Gasteiger partial charge in [0, 0.05) is 12.1 Å². The van der Waals surface area contributed by atoms with Crippen molar-refractivity contribution >= 4 is 11.8 Å². The van der Waals surface area contributed by atoms with Crippen LogP contribution in [0.5, 0.6) is 0 Å². The Balaban J connectivity index is 0.924. The van der Waals surface area contributed by atoms with Gasteiger partial charge in [0.25, 0.3) is 0 Å². The number of hydrogen-bond acceptors (Lipinski definition) is 4. The van der Waals surface area contributed by atoms with Gasteiger partial charge in [0.05, 0.1) is 48.7 Å². The van der Waals surface area contributed by atoms with Crippen LogP contribution < -0.4 is 0 Å². The topological polar surface area (TPSA) is 98.0 Å². The Kier molecular flexibility index (Phi) is 9.29. The molecule has 4 heterocycles. The van der Waals surface area contributed by atoms with Gasteiger partial charge < -0.3 is 19.8 Å². The molecule has 8 nitrogen and oxygen atoms in total. The van der Waals surface area contributed by atoms with Crippen molar-refractivity contribution in [1.29, 1.82) is 0 Å². The largest absolute Gasteiger partial charge is 0.340 e. The number of aromatic amines is 2. The second-order valence-corrected chi connectivity index (χ2v) is 14.3. The number of carbonyl (C=O) groups is 2. The van der Waals surface area contributed by atoms with Gasteiger partial charge in [-0.15, -0.1) is 0 Å². The van der Waals surface area contributed by atoms with Gasteiger partial charge in [-0.05, 0) is 72.9 Å². The summed E-state index contributed by atoms with van der Waals surface area (Å²) in [5, 5.41) is 0. The fraction of sp³-hybridized carbons (Fsp3) is 0.273. The van der Waals surface area contributed by atoms with Crippen molar-refractivity contribution in [2.24, 2.45) is 0 Å². The van der Waals surface area contributed by atoms with Crippen LogP contribution in [-0.2, 0) is 22.4 Å². The first kappa shape index (κ1) is 33.4. The molecule has 0 radical (unpaired) electrons. The molecule has 52 heavy (non-hydrogen) atoms. The van der Waals surface area contributed by atoms with Gasteiger partial charge in [0.15, 0.2) is 0 Å². The van der Waals surface area contributed by atoms with Gasteiger partial charge in [-0.3, -0.25) is 9.59 Å². The summed E-state index contributed by atoms with van der Waals surface area (Å²) in [4.78, 5) is 47.4. The molecule has 2 saturated heterocycles. The molecule has 2 amide bonds. The summed E-state index contributed by atoms with van der Waals surface area (Å²) >= 11 is 0. The van der Waals surface area contributed by atoms with E-state index in [4.69, 9.17) is 9.97 Å². The van der Waals surface area contributed by atoms with Crippen molar-refractivity contribution in [3.05, 3.63) is 144 Å². The minimum Gasteiger partial charge on any atom is -0.340 e. The van der Waals surface area contributed by atoms with Crippen LogP contribution in [0.2, 0.25) is 0 Å². The van der Waals surface area contributed by atoms with Crippen molar-refractivity contribution in [1.82, 2.24) is 29.7 Å². The van der Waals surface area contributed by atoms with Crippen molar-refractivity contribution in [3.63, 3.8) is 0 Å². The Morgan fingerprint density at radius 1 is 0.538 bits per heavy atom. The number of amides is 2. The summed E-state index contributed by atoms with van der Waals surface area (Å²) in [5.74, 6) is 1.97. The van der Waals surface area contributed by atoms with Crippen LogP contribution >= 0.6 is 0 Å². The minimum atomic E-state index is -0.0495. The number of hydrogen-bond donors (Lipinski definition) is 2. The van der Waals surface area contributed by atoms with Crippen LogP contribution in [0, 0.1) is 0 Å². The van der Waals surface area contributed by atoms with Gasteiger partial charge in [0.2, 0.25) is 11.8 Å². The van der Waals surface area contributed by atoms with Crippen molar-refractivity contribution in [2.45, 2.75) is 76.5 Å². The minimum absolute atomic E-state index is 0.0495. The predicted octanol–water partition coefficient (Wildman–Crippen LogP) is 8.72. The molecule has 2 aliphatic heterocycles. The number of likely N-dealkylation sites (tertiary alicyclic amines) is 2. The highest BCUT2D eigenvalue weighted by Crippen LogP contribution is 2.38.